The summed E-state index contributed by atoms with van der Waals surface area (Å²) in [5.41, 5.74) is 0. The van der Waals surface area contributed by atoms with Crippen LogP contribution in [0.25, 0.3) is 0 Å². The fourth-order valence-corrected chi connectivity index (χ4v) is 5.38. The Morgan fingerprint density at radius 2 is 2.19 bits per heavy atom. The zero-order valence-electron chi connectivity index (χ0n) is 12.2. The molecular formula is C14H22N2O3S2. The van der Waals surface area contributed by atoms with Gasteiger partial charge >= 0.3 is 0 Å². The number of sulfonamides is 1. The summed E-state index contributed by atoms with van der Waals surface area (Å²) in [6, 6.07) is 4.34. The molecule has 0 amide bonds. The van der Waals surface area contributed by atoms with Gasteiger partial charge in [-0.15, -0.1) is 11.3 Å². The number of thiophene rings is 1. The number of nitrogens with one attached hydrogen (secondary N) is 1. The molecule has 1 aliphatic carbocycles. The molecule has 0 radical (unpaired) electrons. The van der Waals surface area contributed by atoms with Gasteiger partial charge in [-0.1, -0.05) is 0 Å². The van der Waals surface area contributed by atoms with Crippen molar-refractivity contribution in [3.63, 3.8) is 0 Å². The van der Waals surface area contributed by atoms with Crippen molar-refractivity contribution in [1.29, 1.82) is 0 Å². The lowest BCUT2D eigenvalue weighted by atomic mass is 10.3. The summed E-state index contributed by atoms with van der Waals surface area (Å²) in [6.45, 7) is 2.07. The van der Waals surface area contributed by atoms with E-state index in [9.17, 15) is 8.42 Å². The van der Waals surface area contributed by atoms with Crippen molar-refractivity contribution < 1.29 is 13.2 Å². The first-order chi connectivity index (χ1) is 10.1. The number of hydrogen-bond donors (Lipinski definition) is 1. The Balaban J connectivity index is 1.62. The van der Waals surface area contributed by atoms with Crippen LogP contribution in [0.4, 0.5) is 0 Å². The summed E-state index contributed by atoms with van der Waals surface area (Å²) in [7, 11) is -1.72. The third kappa shape index (κ3) is 3.65. The van der Waals surface area contributed by atoms with Crippen molar-refractivity contribution in [2.75, 3.05) is 26.8 Å². The molecule has 2 heterocycles. The number of likely N-dealkylation sites (N-methyl/N-ethyl adjacent to an activating group) is 1. The smallest absolute Gasteiger partial charge is 0.252 e. The van der Waals surface area contributed by atoms with Crippen molar-refractivity contribution in [2.24, 2.45) is 0 Å². The van der Waals surface area contributed by atoms with Crippen molar-refractivity contribution >= 4 is 21.4 Å². The maximum absolute atomic E-state index is 12.6. The zero-order valence-corrected chi connectivity index (χ0v) is 13.9. The molecule has 1 aromatic rings. The number of nitrogens with zero attached hydrogens (tertiary/aromatic N) is 1. The maximum Gasteiger partial charge on any atom is 0.252 e. The van der Waals surface area contributed by atoms with Gasteiger partial charge in [0.1, 0.15) is 4.21 Å². The first-order valence-corrected chi connectivity index (χ1v) is 9.71. The van der Waals surface area contributed by atoms with Gasteiger partial charge in [0, 0.05) is 31.1 Å². The van der Waals surface area contributed by atoms with Crippen LogP contribution in [0.5, 0.6) is 0 Å². The van der Waals surface area contributed by atoms with Gasteiger partial charge in [0.05, 0.1) is 12.6 Å². The lowest BCUT2D eigenvalue weighted by molar-refractivity contribution is 0.181. The molecular weight excluding hydrogens is 308 g/mol. The van der Waals surface area contributed by atoms with Crippen LogP contribution in [-0.2, 0) is 21.2 Å². The normalized spacial score (nSPS) is 23.0. The van der Waals surface area contributed by atoms with Crippen LogP contribution >= 0.6 is 11.3 Å². The minimum absolute atomic E-state index is 0.0305. The monoisotopic (exact) mass is 330 g/mol. The summed E-state index contributed by atoms with van der Waals surface area (Å²) in [5, 5.41) is 3.45. The molecule has 1 saturated carbocycles. The maximum atomic E-state index is 12.6. The van der Waals surface area contributed by atoms with Crippen LogP contribution in [0.1, 0.15) is 24.1 Å². The minimum Gasteiger partial charge on any atom is -0.380 e. The van der Waals surface area contributed by atoms with Crippen LogP contribution in [-0.4, -0.2) is 51.6 Å². The molecule has 1 saturated heterocycles. The predicted octanol–water partition coefficient (Wildman–Crippen LogP) is 1.45. The largest absolute Gasteiger partial charge is 0.380 e. The van der Waals surface area contributed by atoms with Gasteiger partial charge in [-0.25, -0.2) is 8.42 Å². The molecule has 0 bridgehead atoms. The van der Waals surface area contributed by atoms with Gasteiger partial charge in [0.25, 0.3) is 10.0 Å². The Hall–Kier alpha value is -0.470. The SMILES string of the molecule is CN(C1CCOC1)S(=O)(=O)c1ccc(CCNC2CC2)s1. The van der Waals surface area contributed by atoms with Gasteiger partial charge in [-0.3, -0.25) is 0 Å². The second-order valence-electron chi connectivity index (χ2n) is 5.74. The predicted molar refractivity (Wildman–Crippen MR) is 83.2 cm³/mol. The fraction of sp³-hybridized carbons (Fsp3) is 0.714. The molecule has 21 heavy (non-hydrogen) atoms. The van der Waals surface area contributed by atoms with Crippen LogP contribution in [0.2, 0.25) is 0 Å². The molecule has 2 aliphatic rings. The van der Waals surface area contributed by atoms with E-state index >= 15 is 0 Å². The van der Waals surface area contributed by atoms with Crippen molar-refractivity contribution in [1.82, 2.24) is 9.62 Å². The molecule has 1 aromatic heterocycles. The Bertz CT molecular complexity index is 575. The second kappa shape index (κ2) is 6.34. The summed E-state index contributed by atoms with van der Waals surface area (Å²) >= 11 is 1.39. The van der Waals surface area contributed by atoms with E-state index in [4.69, 9.17) is 4.74 Å². The highest BCUT2D eigenvalue weighted by Gasteiger charge is 2.31. The number of rotatable bonds is 7. The van der Waals surface area contributed by atoms with Gasteiger partial charge in [-0.2, -0.15) is 4.31 Å². The molecule has 2 fully saturated rings. The topological polar surface area (TPSA) is 58.6 Å². The highest BCUT2D eigenvalue weighted by Crippen LogP contribution is 2.27. The average molecular weight is 330 g/mol. The van der Waals surface area contributed by atoms with Gasteiger partial charge < -0.3 is 10.1 Å². The van der Waals surface area contributed by atoms with Gasteiger partial charge in [-0.05, 0) is 37.8 Å². The van der Waals surface area contributed by atoms with Crippen LogP contribution < -0.4 is 5.32 Å². The van der Waals surface area contributed by atoms with E-state index in [1.54, 1.807) is 13.1 Å². The van der Waals surface area contributed by atoms with Crippen molar-refractivity contribution in [3.8, 4) is 0 Å². The quantitative estimate of drug-likeness (QED) is 0.822. The molecule has 7 heteroatoms. The summed E-state index contributed by atoms with van der Waals surface area (Å²) < 4.78 is 32.4. The molecule has 5 nitrogen and oxygen atoms in total. The standard InChI is InChI=1S/C14H22N2O3S2/c1-16(12-7-9-19-10-12)21(17,18)14-5-4-13(20-14)6-8-15-11-2-3-11/h4-5,11-12,15H,2-3,6-10H2,1H3. The van der Waals surface area contributed by atoms with E-state index in [0.717, 1.165) is 24.3 Å². The average Bonchev–Trinajstić information content (AvgIpc) is 2.96. The Labute approximate surface area is 130 Å². The number of hydrogen-bond acceptors (Lipinski definition) is 5. The Morgan fingerprint density at radius 1 is 1.38 bits per heavy atom. The first kappa shape index (κ1) is 15.4. The van der Waals surface area contributed by atoms with Crippen LogP contribution in [0.15, 0.2) is 16.3 Å². The first-order valence-electron chi connectivity index (χ1n) is 7.45. The molecule has 118 valence electrons. The molecule has 1 atom stereocenters. The van der Waals surface area contributed by atoms with E-state index < -0.39 is 10.0 Å². The highest BCUT2D eigenvalue weighted by atomic mass is 32.2. The third-order valence-corrected chi connectivity index (χ3v) is 7.59. The minimum atomic E-state index is -3.38. The summed E-state index contributed by atoms with van der Waals surface area (Å²) in [5.74, 6) is 0. The molecule has 1 aliphatic heterocycles. The van der Waals surface area contributed by atoms with Gasteiger partial charge in [0.15, 0.2) is 0 Å². The summed E-state index contributed by atoms with van der Waals surface area (Å²) in [4.78, 5) is 1.12. The third-order valence-electron chi connectivity index (χ3n) is 4.07. The van der Waals surface area contributed by atoms with E-state index in [1.165, 1.54) is 28.5 Å². The van der Waals surface area contributed by atoms with E-state index in [0.29, 0.717) is 23.5 Å². The Kier molecular flexibility index (Phi) is 4.66. The Morgan fingerprint density at radius 3 is 2.86 bits per heavy atom. The summed E-state index contributed by atoms with van der Waals surface area (Å²) in [6.07, 6.45) is 4.23. The van der Waals surface area contributed by atoms with Crippen molar-refractivity contribution in [3.05, 3.63) is 17.0 Å². The number of ether oxygens (including phenoxy) is 1. The lowest BCUT2D eigenvalue weighted by Gasteiger charge is -2.21. The van der Waals surface area contributed by atoms with E-state index in [1.807, 2.05) is 6.07 Å². The van der Waals surface area contributed by atoms with Crippen LogP contribution in [0.3, 0.4) is 0 Å². The van der Waals surface area contributed by atoms with Gasteiger partial charge in [0.2, 0.25) is 0 Å². The molecule has 0 spiro atoms. The van der Waals surface area contributed by atoms with Crippen molar-refractivity contribution in [2.45, 2.75) is 42.0 Å². The highest BCUT2D eigenvalue weighted by molar-refractivity contribution is 7.91. The molecule has 1 N–H and O–H groups in total. The second-order valence-corrected chi connectivity index (χ2v) is 9.13. The van der Waals surface area contributed by atoms with Crippen LogP contribution in [0, 0.1) is 0 Å². The molecule has 0 aromatic carbocycles. The van der Waals surface area contributed by atoms with E-state index in [2.05, 4.69) is 5.32 Å². The van der Waals surface area contributed by atoms with E-state index in [-0.39, 0.29) is 6.04 Å². The molecule has 3 rings (SSSR count). The zero-order chi connectivity index (χ0) is 14.9. The molecule has 1 unspecified atom stereocenters. The fourth-order valence-electron chi connectivity index (χ4n) is 2.47. The lowest BCUT2D eigenvalue weighted by Crippen LogP contribution is -2.36.